The van der Waals surface area contributed by atoms with E-state index in [1.807, 2.05) is 30.3 Å². The Morgan fingerprint density at radius 3 is 2.64 bits per heavy atom. The summed E-state index contributed by atoms with van der Waals surface area (Å²) in [4.78, 5) is 1.20. The molecule has 1 aromatic carbocycles. The summed E-state index contributed by atoms with van der Waals surface area (Å²) in [6.07, 6.45) is 1.66. The summed E-state index contributed by atoms with van der Waals surface area (Å²) >= 11 is 1.67. The van der Waals surface area contributed by atoms with E-state index in [4.69, 9.17) is 11.5 Å². The van der Waals surface area contributed by atoms with Gasteiger partial charge in [-0.25, -0.2) is 0 Å². The first-order valence-electron chi connectivity index (χ1n) is 4.07. The third-order valence-electron chi connectivity index (χ3n) is 1.32. The van der Waals surface area contributed by atoms with Crippen LogP contribution >= 0.6 is 11.8 Å². The molecular weight excluding hydrogens is 196 g/mol. The zero-order chi connectivity index (χ0) is 10.2. The SMILES string of the molecule is NC(N)=NN=CCSc1ccccc1. The number of hydrogen-bond donors (Lipinski definition) is 2. The fraction of sp³-hybridized carbons (Fsp3) is 0.111. The molecule has 0 aliphatic heterocycles. The molecule has 4 nitrogen and oxygen atoms in total. The number of benzene rings is 1. The van der Waals surface area contributed by atoms with Crippen LogP contribution < -0.4 is 11.5 Å². The maximum absolute atomic E-state index is 5.09. The van der Waals surface area contributed by atoms with Crippen LogP contribution in [0.4, 0.5) is 0 Å². The molecule has 0 radical (unpaired) electrons. The Hall–Kier alpha value is -1.49. The molecule has 1 rings (SSSR count). The van der Waals surface area contributed by atoms with E-state index in [2.05, 4.69) is 10.2 Å². The van der Waals surface area contributed by atoms with Crippen LogP contribution in [-0.2, 0) is 0 Å². The van der Waals surface area contributed by atoms with Crippen molar-refractivity contribution in [1.82, 2.24) is 0 Å². The Bertz CT molecular complexity index is 317. The Morgan fingerprint density at radius 1 is 1.29 bits per heavy atom. The second-order valence-electron chi connectivity index (χ2n) is 2.45. The molecule has 14 heavy (non-hydrogen) atoms. The first-order valence-corrected chi connectivity index (χ1v) is 5.06. The molecule has 0 atom stereocenters. The smallest absolute Gasteiger partial charge is 0.211 e. The van der Waals surface area contributed by atoms with E-state index in [0.29, 0.717) is 0 Å². The average molecular weight is 208 g/mol. The lowest BCUT2D eigenvalue weighted by atomic mass is 10.4. The quantitative estimate of drug-likeness (QED) is 0.336. The summed E-state index contributed by atoms with van der Waals surface area (Å²) in [6, 6.07) is 10.1. The second kappa shape index (κ2) is 6.04. The average Bonchev–Trinajstić information content (AvgIpc) is 2.18. The molecule has 0 amide bonds. The van der Waals surface area contributed by atoms with Gasteiger partial charge in [0.2, 0.25) is 5.96 Å². The standard InChI is InChI=1S/C9H12N4S/c10-9(11)13-12-6-7-14-8-4-2-1-3-5-8/h1-6H,7H2,(H4,10,11,13). The molecule has 0 aliphatic rings. The van der Waals surface area contributed by atoms with Gasteiger partial charge in [-0.1, -0.05) is 18.2 Å². The monoisotopic (exact) mass is 208 g/mol. The highest BCUT2D eigenvalue weighted by Gasteiger charge is 1.88. The summed E-state index contributed by atoms with van der Waals surface area (Å²) in [5.41, 5.74) is 10.2. The Labute approximate surface area is 87.1 Å². The van der Waals surface area contributed by atoms with Crippen molar-refractivity contribution in [1.29, 1.82) is 0 Å². The summed E-state index contributed by atoms with van der Waals surface area (Å²) < 4.78 is 0. The molecule has 0 saturated heterocycles. The van der Waals surface area contributed by atoms with Crippen LogP contribution in [0.25, 0.3) is 0 Å². The Balaban J connectivity index is 2.29. The van der Waals surface area contributed by atoms with Gasteiger partial charge in [0.05, 0.1) is 0 Å². The topological polar surface area (TPSA) is 76.8 Å². The lowest BCUT2D eigenvalue weighted by Crippen LogP contribution is -2.21. The zero-order valence-corrected chi connectivity index (χ0v) is 8.45. The maximum Gasteiger partial charge on any atom is 0.211 e. The minimum Gasteiger partial charge on any atom is -0.369 e. The largest absolute Gasteiger partial charge is 0.369 e. The van der Waals surface area contributed by atoms with Gasteiger partial charge in [-0.15, -0.1) is 16.9 Å². The van der Waals surface area contributed by atoms with Crippen LogP contribution in [0.1, 0.15) is 0 Å². The van der Waals surface area contributed by atoms with Gasteiger partial charge < -0.3 is 11.5 Å². The molecule has 0 saturated carbocycles. The van der Waals surface area contributed by atoms with Crippen molar-refractivity contribution in [3.63, 3.8) is 0 Å². The van der Waals surface area contributed by atoms with Crippen molar-refractivity contribution in [3.8, 4) is 0 Å². The van der Waals surface area contributed by atoms with E-state index in [1.54, 1.807) is 18.0 Å². The minimum absolute atomic E-state index is 0.0223. The van der Waals surface area contributed by atoms with E-state index in [-0.39, 0.29) is 5.96 Å². The zero-order valence-electron chi connectivity index (χ0n) is 7.63. The maximum atomic E-state index is 5.09. The summed E-state index contributed by atoms with van der Waals surface area (Å²) in [7, 11) is 0. The Morgan fingerprint density at radius 2 is 2.00 bits per heavy atom. The molecule has 0 heterocycles. The molecule has 1 aromatic rings. The van der Waals surface area contributed by atoms with Crippen LogP contribution in [0.3, 0.4) is 0 Å². The molecular formula is C9H12N4S. The number of rotatable bonds is 4. The van der Waals surface area contributed by atoms with Gasteiger partial charge in [0.25, 0.3) is 0 Å². The van der Waals surface area contributed by atoms with Gasteiger partial charge in [-0.2, -0.15) is 5.10 Å². The van der Waals surface area contributed by atoms with E-state index in [9.17, 15) is 0 Å². The first kappa shape index (κ1) is 10.6. The van der Waals surface area contributed by atoms with Gasteiger partial charge in [0.1, 0.15) is 0 Å². The predicted molar refractivity (Wildman–Crippen MR) is 61.5 cm³/mol. The minimum atomic E-state index is -0.0223. The fourth-order valence-electron chi connectivity index (χ4n) is 0.791. The van der Waals surface area contributed by atoms with Crippen molar-refractivity contribution in [2.45, 2.75) is 4.90 Å². The molecule has 5 heteroatoms. The van der Waals surface area contributed by atoms with Crippen LogP contribution in [0.2, 0.25) is 0 Å². The second-order valence-corrected chi connectivity index (χ2v) is 3.54. The van der Waals surface area contributed by atoms with E-state index in [0.717, 1.165) is 5.75 Å². The number of nitrogens with two attached hydrogens (primary N) is 2. The molecule has 0 aromatic heterocycles. The van der Waals surface area contributed by atoms with Gasteiger partial charge in [-0.3, -0.25) is 0 Å². The Kier molecular flexibility index (Phi) is 4.57. The molecule has 4 N–H and O–H groups in total. The number of hydrogen-bond acceptors (Lipinski definition) is 3. The van der Waals surface area contributed by atoms with Crippen molar-refractivity contribution >= 4 is 23.9 Å². The lowest BCUT2D eigenvalue weighted by Gasteiger charge is -1.94. The summed E-state index contributed by atoms with van der Waals surface area (Å²) in [5, 5.41) is 7.16. The summed E-state index contributed by atoms with van der Waals surface area (Å²) in [5.74, 6) is 0.729. The molecule has 0 unspecified atom stereocenters. The molecule has 74 valence electrons. The predicted octanol–water partition coefficient (Wildman–Crippen LogP) is 1.04. The van der Waals surface area contributed by atoms with Crippen molar-refractivity contribution in [3.05, 3.63) is 30.3 Å². The third kappa shape index (κ3) is 4.51. The molecule has 0 aliphatic carbocycles. The first-order chi connectivity index (χ1) is 6.79. The van der Waals surface area contributed by atoms with Crippen molar-refractivity contribution in [2.24, 2.45) is 21.7 Å². The molecule has 0 fully saturated rings. The number of nitrogens with zero attached hydrogens (tertiary/aromatic N) is 2. The lowest BCUT2D eigenvalue weighted by molar-refractivity contribution is 1.21. The van der Waals surface area contributed by atoms with E-state index in [1.165, 1.54) is 4.90 Å². The fourth-order valence-corrected chi connectivity index (χ4v) is 1.47. The van der Waals surface area contributed by atoms with Gasteiger partial charge in [0, 0.05) is 16.9 Å². The van der Waals surface area contributed by atoms with E-state index < -0.39 is 0 Å². The number of thioether (sulfide) groups is 1. The molecule has 0 bridgehead atoms. The number of guanidine groups is 1. The van der Waals surface area contributed by atoms with Gasteiger partial charge >= 0.3 is 0 Å². The van der Waals surface area contributed by atoms with Crippen molar-refractivity contribution in [2.75, 3.05) is 5.75 Å². The van der Waals surface area contributed by atoms with Crippen LogP contribution in [-0.4, -0.2) is 17.9 Å². The highest BCUT2D eigenvalue weighted by atomic mass is 32.2. The summed E-state index contributed by atoms with van der Waals surface area (Å²) in [6.45, 7) is 0. The van der Waals surface area contributed by atoms with Crippen molar-refractivity contribution < 1.29 is 0 Å². The van der Waals surface area contributed by atoms with Crippen LogP contribution in [0.5, 0.6) is 0 Å². The van der Waals surface area contributed by atoms with Gasteiger partial charge in [0.15, 0.2) is 0 Å². The van der Waals surface area contributed by atoms with Crippen LogP contribution in [0, 0.1) is 0 Å². The third-order valence-corrected chi connectivity index (χ3v) is 2.24. The van der Waals surface area contributed by atoms with Crippen LogP contribution in [0.15, 0.2) is 45.4 Å². The normalized spacial score (nSPS) is 10.3. The molecule has 0 spiro atoms. The highest BCUT2D eigenvalue weighted by Crippen LogP contribution is 2.15. The van der Waals surface area contributed by atoms with E-state index >= 15 is 0 Å². The highest BCUT2D eigenvalue weighted by molar-refractivity contribution is 7.99. The van der Waals surface area contributed by atoms with Gasteiger partial charge in [-0.05, 0) is 12.1 Å².